The van der Waals surface area contributed by atoms with Crippen molar-refractivity contribution in [2.75, 3.05) is 6.54 Å². The number of nitrogens with zero attached hydrogens (tertiary/aromatic N) is 2. The Morgan fingerprint density at radius 3 is 2.82 bits per heavy atom. The van der Waals surface area contributed by atoms with E-state index in [1.807, 2.05) is 6.20 Å². The highest BCUT2D eigenvalue weighted by atomic mass is 79.9. The molecule has 2 heterocycles. The third-order valence-corrected chi connectivity index (χ3v) is 4.65. The summed E-state index contributed by atoms with van der Waals surface area (Å²) < 4.78 is 1.18. The van der Waals surface area contributed by atoms with Gasteiger partial charge in [0.05, 0.1) is 21.7 Å². The Morgan fingerprint density at radius 1 is 1.47 bits per heavy atom. The van der Waals surface area contributed by atoms with E-state index in [0.717, 1.165) is 12.2 Å². The first-order valence-corrected chi connectivity index (χ1v) is 7.08. The predicted molar refractivity (Wildman–Crippen MR) is 74.3 cm³/mol. The molecule has 17 heavy (non-hydrogen) atoms. The second-order valence-corrected chi connectivity index (χ2v) is 6.13. The van der Waals surface area contributed by atoms with Crippen molar-refractivity contribution in [3.63, 3.8) is 0 Å². The molecule has 90 valence electrons. The summed E-state index contributed by atoms with van der Waals surface area (Å²) in [5, 5.41) is 3.44. The minimum atomic E-state index is 0.128. The minimum Gasteiger partial charge on any atom is -0.305 e. The first-order chi connectivity index (χ1) is 8.22. The van der Waals surface area contributed by atoms with Crippen LogP contribution in [0.5, 0.6) is 0 Å². The Balaban J connectivity index is 2.35. The molecule has 3 nitrogen and oxygen atoms in total. The quantitative estimate of drug-likeness (QED) is 0.941. The molecule has 1 unspecified atom stereocenters. The van der Waals surface area contributed by atoms with Crippen LogP contribution >= 0.6 is 27.3 Å². The van der Waals surface area contributed by atoms with E-state index in [2.05, 4.69) is 51.1 Å². The minimum absolute atomic E-state index is 0.128. The molecule has 0 saturated heterocycles. The molecular formula is C12H14BrN3S. The summed E-state index contributed by atoms with van der Waals surface area (Å²) in [6, 6.07) is 2.32. The van der Waals surface area contributed by atoms with Gasteiger partial charge in [0.25, 0.3) is 0 Å². The molecule has 0 aliphatic carbocycles. The van der Waals surface area contributed by atoms with E-state index < -0.39 is 0 Å². The van der Waals surface area contributed by atoms with Gasteiger partial charge < -0.3 is 5.32 Å². The lowest BCUT2D eigenvalue weighted by molar-refractivity contribution is 0.621. The normalized spacial score (nSPS) is 12.6. The molecule has 5 heteroatoms. The second-order valence-electron chi connectivity index (χ2n) is 3.73. The average molecular weight is 312 g/mol. The monoisotopic (exact) mass is 311 g/mol. The molecule has 0 amide bonds. The fourth-order valence-electron chi connectivity index (χ4n) is 1.64. The summed E-state index contributed by atoms with van der Waals surface area (Å²) in [5.74, 6) is 0. The van der Waals surface area contributed by atoms with E-state index in [1.165, 1.54) is 14.2 Å². The van der Waals surface area contributed by atoms with Gasteiger partial charge in [-0.2, -0.15) is 0 Å². The molecule has 2 rings (SSSR count). The lowest BCUT2D eigenvalue weighted by atomic mass is 10.1. The van der Waals surface area contributed by atoms with Crippen molar-refractivity contribution in [1.29, 1.82) is 0 Å². The maximum absolute atomic E-state index is 4.38. The van der Waals surface area contributed by atoms with Crippen molar-refractivity contribution >= 4 is 27.3 Å². The summed E-state index contributed by atoms with van der Waals surface area (Å²) in [5.41, 5.74) is 2.22. The van der Waals surface area contributed by atoms with Crippen LogP contribution in [0.1, 0.15) is 29.1 Å². The predicted octanol–water partition coefficient (Wildman–Crippen LogP) is 3.31. The van der Waals surface area contributed by atoms with Gasteiger partial charge in [-0.3, -0.25) is 9.97 Å². The van der Waals surface area contributed by atoms with Crippen LogP contribution in [0.15, 0.2) is 28.4 Å². The largest absolute Gasteiger partial charge is 0.305 e. The van der Waals surface area contributed by atoms with Crippen molar-refractivity contribution in [1.82, 2.24) is 15.3 Å². The van der Waals surface area contributed by atoms with Gasteiger partial charge in [-0.05, 0) is 41.0 Å². The van der Waals surface area contributed by atoms with Crippen LogP contribution in [-0.4, -0.2) is 16.5 Å². The number of hydrogen-bond acceptors (Lipinski definition) is 4. The SMILES string of the molecule is CCNC(c1cnccn1)c1cc(C)c(Br)s1. The summed E-state index contributed by atoms with van der Waals surface area (Å²) >= 11 is 5.31. The standard InChI is InChI=1S/C12H14BrN3S/c1-3-15-11(9-7-14-4-5-16-9)10-6-8(2)12(13)17-10/h4-7,11,15H,3H2,1-2H3. The molecule has 0 aliphatic heterocycles. The topological polar surface area (TPSA) is 37.8 Å². The number of hydrogen-bond donors (Lipinski definition) is 1. The van der Waals surface area contributed by atoms with E-state index >= 15 is 0 Å². The van der Waals surface area contributed by atoms with Crippen LogP contribution in [0.3, 0.4) is 0 Å². The molecule has 0 saturated carbocycles. The number of halogens is 1. The van der Waals surface area contributed by atoms with E-state index in [9.17, 15) is 0 Å². The van der Waals surface area contributed by atoms with Gasteiger partial charge in [0.2, 0.25) is 0 Å². The zero-order chi connectivity index (χ0) is 12.3. The molecule has 0 aliphatic rings. The van der Waals surface area contributed by atoms with Crippen LogP contribution in [0.2, 0.25) is 0 Å². The molecular weight excluding hydrogens is 298 g/mol. The van der Waals surface area contributed by atoms with Gasteiger partial charge in [-0.15, -0.1) is 11.3 Å². The van der Waals surface area contributed by atoms with Crippen molar-refractivity contribution in [2.24, 2.45) is 0 Å². The van der Waals surface area contributed by atoms with E-state index in [4.69, 9.17) is 0 Å². The highest BCUT2D eigenvalue weighted by Crippen LogP contribution is 2.33. The van der Waals surface area contributed by atoms with Gasteiger partial charge in [0.15, 0.2) is 0 Å². The third-order valence-electron chi connectivity index (χ3n) is 2.45. The maximum atomic E-state index is 4.38. The fraction of sp³-hybridized carbons (Fsp3) is 0.333. The van der Waals surface area contributed by atoms with Crippen LogP contribution in [0.25, 0.3) is 0 Å². The number of thiophene rings is 1. The summed E-state index contributed by atoms with van der Waals surface area (Å²) in [4.78, 5) is 9.77. The Bertz CT molecular complexity index is 464. The zero-order valence-corrected chi connectivity index (χ0v) is 12.2. The lowest BCUT2D eigenvalue weighted by Crippen LogP contribution is -2.22. The van der Waals surface area contributed by atoms with Crippen LogP contribution < -0.4 is 5.32 Å². The molecule has 0 aromatic carbocycles. The Hall–Kier alpha value is -0.780. The highest BCUT2D eigenvalue weighted by Gasteiger charge is 2.17. The average Bonchev–Trinajstić information content (AvgIpc) is 2.67. The highest BCUT2D eigenvalue weighted by molar-refractivity contribution is 9.11. The molecule has 1 atom stereocenters. The van der Waals surface area contributed by atoms with E-state index in [-0.39, 0.29) is 6.04 Å². The second kappa shape index (κ2) is 5.71. The number of rotatable bonds is 4. The van der Waals surface area contributed by atoms with Crippen LogP contribution in [0.4, 0.5) is 0 Å². The molecule has 1 N–H and O–H groups in total. The summed E-state index contributed by atoms with van der Waals surface area (Å²) in [6.07, 6.45) is 5.24. The van der Waals surface area contributed by atoms with Gasteiger partial charge in [-0.25, -0.2) is 0 Å². The van der Waals surface area contributed by atoms with E-state index in [0.29, 0.717) is 0 Å². The molecule has 2 aromatic rings. The number of aromatic nitrogens is 2. The number of nitrogens with one attached hydrogen (secondary N) is 1. The Morgan fingerprint density at radius 2 is 2.29 bits per heavy atom. The molecule has 0 spiro atoms. The van der Waals surface area contributed by atoms with E-state index in [1.54, 1.807) is 23.7 Å². The van der Waals surface area contributed by atoms with Crippen molar-refractivity contribution in [3.05, 3.63) is 44.6 Å². The lowest BCUT2D eigenvalue weighted by Gasteiger charge is -2.14. The molecule has 0 bridgehead atoms. The van der Waals surface area contributed by atoms with Crippen LogP contribution in [-0.2, 0) is 0 Å². The van der Waals surface area contributed by atoms with Crippen LogP contribution in [0, 0.1) is 6.92 Å². The zero-order valence-electron chi connectivity index (χ0n) is 9.77. The van der Waals surface area contributed by atoms with Crippen molar-refractivity contribution in [2.45, 2.75) is 19.9 Å². The fourth-order valence-corrected chi connectivity index (χ4v) is 3.30. The Kier molecular flexibility index (Phi) is 4.25. The van der Waals surface area contributed by atoms with Crippen molar-refractivity contribution in [3.8, 4) is 0 Å². The Labute approximate surface area is 113 Å². The summed E-state index contributed by atoms with van der Waals surface area (Å²) in [7, 11) is 0. The van der Waals surface area contributed by atoms with Gasteiger partial charge in [0.1, 0.15) is 0 Å². The smallest absolute Gasteiger partial charge is 0.0861 e. The third kappa shape index (κ3) is 2.91. The van der Waals surface area contributed by atoms with Gasteiger partial charge in [-0.1, -0.05) is 6.92 Å². The first kappa shape index (κ1) is 12.7. The molecule has 2 aromatic heterocycles. The van der Waals surface area contributed by atoms with Gasteiger partial charge in [0, 0.05) is 17.3 Å². The van der Waals surface area contributed by atoms with Gasteiger partial charge >= 0.3 is 0 Å². The maximum Gasteiger partial charge on any atom is 0.0861 e. The first-order valence-electron chi connectivity index (χ1n) is 5.47. The molecule has 0 fully saturated rings. The van der Waals surface area contributed by atoms with Crippen molar-refractivity contribution < 1.29 is 0 Å². The number of aryl methyl sites for hydroxylation is 1. The summed E-state index contributed by atoms with van der Waals surface area (Å²) in [6.45, 7) is 5.10. The molecule has 0 radical (unpaired) electrons.